The number of hydrogen-bond acceptors (Lipinski definition) is 7. The third-order valence-electron chi connectivity index (χ3n) is 6.39. The van der Waals surface area contributed by atoms with Gasteiger partial charge in [-0.3, -0.25) is 9.38 Å². The topological polar surface area (TPSA) is 68.0 Å². The summed E-state index contributed by atoms with van der Waals surface area (Å²) in [7, 11) is 4.13. The first kappa shape index (κ1) is 23.5. The molecule has 184 valence electrons. The summed E-state index contributed by atoms with van der Waals surface area (Å²) in [6.07, 6.45) is 5.08. The highest BCUT2D eigenvalue weighted by Crippen LogP contribution is 2.30. The van der Waals surface area contributed by atoms with E-state index < -0.39 is 0 Å². The Morgan fingerprint density at radius 1 is 1.00 bits per heavy atom. The third kappa shape index (κ3) is 4.94. The second-order valence-corrected chi connectivity index (χ2v) is 9.73. The lowest BCUT2D eigenvalue weighted by Crippen LogP contribution is -2.46. The molecule has 0 radical (unpaired) electrons. The van der Waals surface area contributed by atoms with E-state index in [0.29, 0.717) is 12.5 Å². The summed E-state index contributed by atoms with van der Waals surface area (Å²) < 4.78 is 14.0. The van der Waals surface area contributed by atoms with Crippen molar-refractivity contribution >= 4 is 22.5 Å². The van der Waals surface area contributed by atoms with Gasteiger partial charge in [-0.2, -0.15) is 0 Å². The zero-order valence-electron chi connectivity index (χ0n) is 21.2. The summed E-state index contributed by atoms with van der Waals surface area (Å²) in [5, 5.41) is 0. The van der Waals surface area contributed by atoms with Crippen LogP contribution in [0.2, 0.25) is 0 Å². The number of anilines is 1. The number of aromatic nitrogens is 4. The molecular formula is C27H34N6O2. The van der Waals surface area contributed by atoms with Crippen LogP contribution in [0.25, 0.3) is 27.7 Å². The molecule has 8 heteroatoms. The van der Waals surface area contributed by atoms with Crippen LogP contribution in [0.5, 0.6) is 5.88 Å². The Kier molecular flexibility index (Phi) is 6.58. The van der Waals surface area contributed by atoms with Gasteiger partial charge in [0.1, 0.15) is 0 Å². The van der Waals surface area contributed by atoms with Gasteiger partial charge in [0.2, 0.25) is 11.8 Å². The molecule has 4 aromatic rings. The second-order valence-electron chi connectivity index (χ2n) is 9.73. The molecule has 0 saturated carbocycles. The zero-order chi connectivity index (χ0) is 24.5. The highest BCUT2D eigenvalue weighted by atomic mass is 16.5. The van der Waals surface area contributed by atoms with Crippen LogP contribution in [0.15, 0.2) is 42.7 Å². The van der Waals surface area contributed by atoms with E-state index in [4.69, 9.17) is 19.4 Å². The molecule has 1 aliphatic rings. The summed E-state index contributed by atoms with van der Waals surface area (Å²) in [4.78, 5) is 18.7. The molecule has 35 heavy (non-hydrogen) atoms. The molecule has 4 heterocycles. The minimum atomic E-state index is 0.157. The molecule has 5 rings (SSSR count). The van der Waals surface area contributed by atoms with Gasteiger partial charge in [-0.1, -0.05) is 6.07 Å². The van der Waals surface area contributed by atoms with Gasteiger partial charge >= 0.3 is 0 Å². The molecule has 1 saturated heterocycles. The normalized spacial score (nSPS) is 18.6. The fourth-order valence-electron chi connectivity index (χ4n) is 4.78. The Hall–Kier alpha value is -3.23. The van der Waals surface area contributed by atoms with Crippen LogP contribution in [-0.4, -0.2) is 76.8 Å². The maximum absolute atomic E-state index is 5.96. The summed E-state index contributed by atoms with van der Waals surface area (Å²) >= 11 is 0. The van der Waals surface area contributed by atoms with Crippen molar-refractivity contribution in [1.82, 2.24) is 24.3 Å². The maximum Gasteiger partial charge on any atom is 0.213 e. The fourth-order valence-corrected chi connectivity index (χ4v) is 4.78. The molecule has 1 aromatic carbocycles. The van der Waals surface area contributed by atoms with Crippen molar-refractivity contribution < 1.29 is 9.47 Å². The van der Waals surface area contributed by atoms with Gasteiger partial charge in [0.15, 0.2) is 0 Å². The smallest absolute Gasteiger partial charge is 0.213 e. The fraction of sp³-hybridized carbons (Fsp3) is 0.444. The molecule has 0 unspecified atom stereocenters. The van der Waals surface area contributed by atoms with E-state index in [1.165, 1.54) is 0 Å². The Balaban J connectivity index is 1.48. The summed E-state index contributed by atoms with van der Waals surface area (Å²) in [5.74, 6) is 1.60. The number of aryl methyl sites for hydroxylation is 1. The van der Waals surface area contributed by atoms with Gasteiger partial charge in [-0.05, 0) is 65.0 Å². The number of rotatable bonds is 7. The lowest BCUT2D eigenvalue weighted by atomic mass is 10.1. The van der Waals surface area contributed by atoms with Crippen LogP contribution in [0.1, 0.15) is 26.0 Å². The van der Waals surface area contributed by atoms with Gasteiger partial charge in [-0.15, -0.1) is 0 Å². The zero-order valence-corrected chi connectivity index (χ0v) is 21.2. The Morgan fingerprint density at radius 3 is 2.49 bits per heavy atom. The molecule has 0 aliphatic carbocycles. The van der Waals surface area contributed by atoms with Gasteiger partial charge in [0.25, 0.3) is 0 Å². The predicted octanol–water partition coefficient (Wildman–Crippen LogP) is 4.20. The maximum atomic E-state index is 5.96. The molecule has 3 aromatic heterocycles. The number of morpholine rings is 1. The van der Waals surface area contributed by atoms with E-state index in [2.05, 4.69) is 71.4 Å². The number of benzene rings is 1. The van der Waals surface area contributed by atoms with Gasteiger partial charge in [0, 0.05) is 37.5 Å². The Labute approximate surface area is 206 Å². The largest absolute Gasteiger partial charge is 0.478 e. The molecule has 0 spiro atoms. The molecule has 1 fully saturated rings. The number of pyridine rings is 1. The minimum Gasteiger partial charge on any atom is -0.478 e. The Bertz CT molecular complexity index is 1310. The van der Waals surface area contributed by atoms with E-state index >= 15 is 0 Å². The SMILES string of the molecule is Cc1nc(N2C[C@H](C)O[C@@H](C)C2)n2c1cnc1ccc(-c3ccc(OCCCN(C)C)nc3)cc12. The van der Waals surface area contributed by atoms with Crippen molar-refractivity contribution in [1.29, 1.82) is 0 Å². The minimum absolute atomic E-state index is 0.157. The van der Waals surface area contributed by atoms with Crippen LogP contribution in [0.3, 0.4) is 0 Å². The third-order valence-corrected chi connectivity index (χ3v) is 6.39. The monoisotopic (exact) mass is 474 g/mol. The molecule has 0 bridgehead atoms. The first-order valence-corrected chi connectivity index (χ1v) is 12.3. The summed E-state index contributed by atoms with van der Waals surface area (Å²) in [6.45, 7) is 9.56. The van der Waals surface area contributed by atoms with Crippen LogP contribution in [-0.2, 0) is 4.74 Å². The van der Waals surface area contributed by atoms with Crippen LogP contribution >= 0.6 is 0 Å². The number of fused-ring (bicyclic) bond motifs is 3. The van der Waals surface area contributed by atoms with E-state index in [1.54, 1.807) is 0 Å². The highest BCUT2D eigenvalue weighted by molar-refractivity contribution is 5.85. The van der Waals surface area contributed by atoms with Crippen molar-refractivity contribution in [2.45, 2.75) is 39.4 Å². The average Bonchev–Trinajstić information content (AvgIpc) is 3.18. The van der Waals surface area contributed by atoms with Crippen molar-refractivity contribution in [3.05, 3.63) is 48.4 Å². The van der Waals surface area contributed by atoms with Crippen molar-refractivity contribution in [3.63, 3.8) is 0 Å². The summed E-state index contributed by atoms with van der Waals surface area (Å²) in [5.41, 5.74) is 6.09. The number of imidazole rings is 1. The number of ether oxygens (including phenoxy) is 2. The second kappa shape index (κ2) is 9.79. The lowest BCUT2D eigenvalue weighted by Gasteiger charge is -2.35. The van der Waals surface area contributed by atoms with Crippen molar-refractivity contribution in [3.8, 4) is 17.0 Å². The molecule has 2 atom stereocenters. The van der Waals surface area contributed by atoms with E-state index in [9.17, 15) is 0 Å². The number of hydrogen-bond donors (Lipinski definition) is 0. The van der Waals surface area contributed by atoms with Gasteiger partial charge in [0.05, 0.1) is 47.3 Å². The first-order valence-electron chi connectivity index (χ1n) is 12.3. The average molecular weight is 475 g/mol. The standard InChI is InChI=1S/C27H34N6O2/c1-18-16-32(17-19(2)35-18)27-30-20(3)25-15-28-23-9-7-21(13-24(23)33(25)27)22-8-10-26(29-14-22)34-12-6-11-31(4)5/h7-10,13-15,18-19H,6,11-12,16-17H2,1-5H3/t18-,19-/m0/s1. The van der Waals surface area contributed by atoms with E-state index in [1.807, 2.05) is 25.4 Å². The van der Waals surface area contributed by atoms with Crippen LogP contribution in [0, 0.1) is 6.92 Å². The molecule has 1 aliphatic heterocycles. The first-order chi connectivity index (χ1) is 16.9. The molecule has 8 nitrogen and oxygen atoms in total. The molecular weight excluding hydrogens is 440 g/mol. The van der Waals surface area contributed by atoms with Crippen molar-refractivity contribution in [2.24, 2.45) is 0 Å². The Morgan fingerprint density at radius 2 is 1.77 bits per heavy atom. The molecule has 0 N–H and O–H groups in total. The molecule has 0 amide bonds. The van der Waals surface area contributed by atoms with Crippen LogP contribution in [0.4, 0.5) is 5.95 Å². The van der Waals surface area contributed by atoms with Gasteiger partial charge < -0.3 is 19.3 Å². The van der Waals surface area contributed by atoms with Crippen molar-refractivity contribution in [2.75, 3.05) is 45.2 Å². The van der Waals surface area contributed by atoms with E-state index in [0.717, 1.165) is 65.4 Å². The van der Waals surface area contributed by atoms with Crippen LogP contribution < -0.4 is 9.64 Å². The highest BCUT2D eigenvalue weighted by Gasteiger charge is 2.26. The van der Waals surface area contributed by atoms with Gasteiger partial charge in [-0.25, -0.2) is 9.97 Å². The summed E-state index contributed by atoms with van der Waals surface area (Å²) in [6, 6.07) is 10.4. The predicted molar refractivity (Wildman–Crippen MR) is 139 cm³/mol. The lowest BCUT2D eigenvalue weighted by molar-refractivity contribution is -0.00573. The van der Waals surface area contributed by atoms with E-state index in [-0.39, 0.29) is 12.2 Å². The number of nitrogens with zero attached hydrogens (tertiary/aromatic N) is 6. The quantitative estimate of drug-likeness (QED) is 0.372.